The van der Waals surface area contributed by atoms with E-state index in [4.69, 9.17) is 0 Å². The number of nitrogens with zero attached hydrogens (tertiary/aromatic N) is 4. The fraction of sp³-hybridized carbons (Fsp3) is 0.800. The zero-order chi connectivity index (χ0) is 15.7. The van der Waals surface area contributed by atoms with Crippen LogP contribution in [0.25, 0.3) is 0 Å². The van der Waals surface area contributed by atoms with E-state index in [0.717, 1.165) is 45.0 Å². The maximum Gasteiger partial charge on any atom is 0.231 e. The van der Waals surface area contributed by atoms with E-state index >= 15 is 0 Å². The SMILES string of the molecule is CCCNc1nc(NCC(C)CC)nc(N(CC)CC)n1. The number of aromatic nitrogens is 3. The second-order valence-corrected chi connectivity index (χ2v) is 5.28. The molecule has 2 N–H and O–H groups in total. The van der Waals surface area contributed by atoms with Crippen LogP contribution in [0.15, 0.2) is 0 Å². The molecule has 0 spiro atoms. The molecule has 120 valence electrons. The van der Waals surface area contributed by atoms with Crippen molar-refractivity contribution in [2.45, 2.75) is 47.5 Å². The molecule has 0 saturated carbocycles. The zero-order valence-electron chi connectivity index (χ0n) is 14.1. The van der Waals surface area contributed by atoms with Gasteiger partial charge in [-0.25, -0.2) is 0 Å². The van der Waals surface area contributed by atoms with Gasteiger partial charge in [-0.2, -0.15) is 15.0 Å². The van der Waals surface area contributed by atoms with Crippen LogP contribution < -0.4 is 15.5 Å². The summed E-state index contributed by atoms with van der Waals surface area (Å²) in [5.41, 5.74) is 0. The lowest BCUT2D eigenvalue weighted by Gasteiger charge is -2.20. The average molecular weight is 294 g/mol. The fourth-order valence-corrected chi connectivity index (χ4v) is 1.82. The molecule has 0 radical (unpaired) electrons. The van der Waals surface area contributed by atoms with Crippen molar-refractivity contribution in [3.05, 3.63) is 0 Å². The van der Waals surface area contributed by atoms with Gasteiger partial charge >= 0.3 is 0 Å². The number of nitrogens with one attached hydrogen (secondary N) is 2. The summed E-state index contributed by atoms with van der Waals surface area (Å²) in [5, 5.41) is 6.58. The maximum absolute atomic E-state index is 4.54. The minimum absolute atomic E-state index is 0.603. The second-order valence-electron chi connectivity index (χ2n) is 5.28. The third-order valence-electron chi connectivity index (χ3n) is 3.51. The Kier molecular flexibility index (Phi) is 7.79. The number of hydrogen-bond donors (Lipinski definition) is 2. The summed E-state index contributed by atoms with van der Waals surface area (Å²) in [4.78, 5) is 15.6. The molecule has 0 fully saturated rings. The van der Waals surface area contributed by atoms with Gasteiger partial charge in [0.15, 0.2) is 0 Å². The van der Waals surface area contributed by atoms with Gasteiger partial charge in [0.05, 0.1) is 0 Å². The van der Waals surface area contributed by atoms with Gasteiger partial charge in [-0.15, -0.1) is 0 Å². The van der Waals surface area contributed by atoms with E-state index in [1.165, 1.54) is 0 Å². The van der Waals surface area contributed by atoms with Gasteiger partial charge in [-0.3, -0.25) is 0 Å². The monoisotopic (exact) mass is 294 g/mol. The molecule has 0 aliphatic carbocycles. The summed E-state index contributed by atoms with van der Waals surface area (Å²) in [6, 6.07) is 0. The Hall–Kier alpha value is -1.59. The van der Waals surface area contributed by atoms with Crippen molar-refractivity contribution in [1.82, 2.24) is 15.0 Å². The summed E-state index contributed by atoms with van der Waals surface area (Å²) < 4.78 is 0. The third-order valence-corrected chi connectivity index (χ3v) is 3.51. The first-order chi connectivity index (χ1) is 10.1. The molecule has 6 heteroatoms. The Morgan fingerprint density at radius 3 is 2.10 bits per heavy atom. The van der Waals surface area contributed by atoms with Crippen molar-refractivity contribution in [1.29, 1.82) is 0 Å². The highest BCUT2D eigenvalue weighted by Crippen LogP contribution is 2.14. The molecular weight excluding hydrogens is 264 g/mol. The summed E-state index contributed by atoms with van der Waals surface area (Å²) in [6.07, 6.45) is 2.18. The van der Waals surface area contributed by atoms with Crippen molar-refractivity contribution < 1.29 is 0 Å². The topological polar surface area (TPSA) is 66.0 Å². The summed E-state index contributed by atoms with van der Waals surface area (Å²) in [7, 11) is 0. The predicted octanol–water partition coefficient (Wildman–Crippen LogP) is 3.00. The van der Waals surface area contributed by atoms with E-state index in [1.807, 2.05) is 0 Å². The Bertz CT molecular complexity index is 405. The summed E-state index contributed by atoms with van der Waals surface area (Å²) >= 11 is 0. The summed E-state index contributed by atoms with van der Waals surface area (Å²) in [6.45, 7) is 14.3. The van der Waals surface area contributed by atoms with Gasteiger partial charge in [0, 0.05) is 26.2 Å². The van der Waals surface area contributed by atoms with E-state index in [9.17, 15) is 0 Å². The lowest BCUT2D eigenvalue weighted by molar-refractivity contribution is 0.591. The normalized spacial score (nSPS) is 12.0. The van der Waals surface area contributed by atoms with Gasteiger partial charge in [-0.05, 0) is 26.2 Å². The lowest BCUT2D eigenvalue weighted by atomic mass is 10.1. The Balaban J connectivity index is 2.91. The highest BCUT2D eigenvalue weighted by Gasteiger charge is 2.11. The maximum atomic E-state index is 4.54. The molecule has 1 atom stereocenters. The number of hydrogen-bond acceptors (Lipinski definition) is 6. The van der Waals surface area contributed by atoms with Crippen LogP contribution in [-0.4, -0.2) is 41.1 Å². The predicted molar refractivity (Wildman–Crippen MR) is 90.1 cm³/mol. The van der Waals surface area contributed by atoms with Gasteiger partial charge in [-0.1, -0.05) is 27.2 Å². The average Bonchev–Trinajstić information content (AvgIpc) is 2.51. The third kappa shape index (κ3) is 5.73. The van der Waals surface area contributed by atoms with Crippen LogP contribution in [0.4, 0.5) is 17.8 Å². The van der Waals surface area contributed by atoms with Gasteiger partial charge in [0.1, 0.15) is 0 Å². The molecule has 1 aromatic rings. The molecule has 6 nitrogen and oxygen atoms in total. The first-order valence-corrected chi connectivity index (χ1v) is 8.13. The van der Waals surface area contributed by atoms with Crippen LogP contribution in [0.2, 0.25) is 0 Å². The minimum Gasteiger partial charge on any atom is -0.354 e. The standard InChI is InChI=1S/C15H30N6/c1-6-10-16-13-18-14(17-11-12(5)7-2)20-15(19-13)21(8-3)9-4/h12H,6-11H2,1-5H3,(H2,16,17,18,19,20). The molecule has 0 saturated heterocycles. The van der Waals surface area contributed by atoms with E-state index in [2.05, 4.69) is 65.1 Å². The molecule has 1 unspecified atom stereocenters. The zero-order valence-corrected chi connectivity index (χ0v) is 14.1. The van der Waals surface area contributed by atoms with Crippen molar-refractivity contribution in [2.75, 3.05) is 41.7 Å². The van der Waals surface area contributed by atoms with E-state index in [1.54, 1.807) is 0 Å². The van der Waals surface area contributed by atoms with Gasteiger partial charge in [0.25, 0.3) is 0 Å². The number of rotatable bonds is 10. The Morgan fingerprint density at radius 1 is 0.952 bits per heavy atom. The van der Waals surface area contributed by atoms with Crippen molar-refractivity contribution >= 4 is 17.8 Å². The Labute approximate surface area is 128 Å². The molecule has 1 heterocycles. The van der Waals surface area contributed by atoms with Crippen LogP contribution in [0.5, 0.6) is 0 Å². The molecule has 0 aromatic carbocycles. The van der Waals surface area contributed by atoms with Crippen molar-refractivity contribution in [3.63, 3.8) is 0 Å². The first-order valence-electron chi connectivity index (χ1n) is 8.13. The minimum atomic E-state index is 0.603. The van der Waals surface area contributed by atoms with Crippen LogP contribution in [0, 0.1) is 5.92 Å². The van der Waals surface area contributed by atoms with Crippen molar-refractivity contribution in [3.8, 4) is 0 Å². The van der Waals surface area contributed by atoms with Crippen LogP contribution >= 0.6 is 0 Å². The molecule has 0 amide bonds. The van der Waals surface area contributed by atoms with Crippen LogP contribution in [0.3, 0.4) is 0 Å². The molecule has 21 heavy (non-hydrogen) atoms. The molecular formula is C15H30N6. The van der Waals surface area contributed by atoms with E-state index < -0.39 is 0 Å². The lowest BCUT2D eigenvalue weighted by Crippen LogP contribution is -2.26. The van der Waals surface area contributed by atoms with E-state index in [-0.39, 0.29) is 0 Å². The quantitative estimate of drug-likeness (QED) is 0.691. The molecule has 0 aliphatic heterocycles. The highest BCUT2D eigenvalue weighted by molar-refractivity contribution is 5.43. The van der Waals surface area contributed by atoms with Crippen LogP contribution in [0.1, 0.15) is 47.5 Å². The molecule has 0 bridgehead atoms. The second kappa shape index (κ2) is 9.37. The molecule has 0 aliphatic rings. The van der Waals surface area contributed by atoms with Crippen molar-refractivity contribution in [2.24, 2.45) is 5.92 Å². The van der Waals surface area contributed by atoms with Gasteiger partial charge < -0.3 is 15.5 Å². The summed E-state index contributed by atoms with van der Waals surface area (Å²) in [5.74, 6) is 2.65. The fourth-order valence-electron chi connectivity index (χ4n) is 1.82. The van der Waals surface area contributed by atoms with E-state index in [0.29, 0.717) is 17.8 Å². The van der Waals surface area contributed by atoms with Gasteiger partial charge in [0.2, 0.25) is 17.8 Å². The molecule has 1 aromatic heterocycles. The Morgan fingerprint density at radius 2 is 1.57 bits per heavy atom. The largest absolute Gasteiger partial charge is 0.354 e. The van der Waals surface area contributed by atoms with Crippen LogP contribution in [-0.2, 0) is 0 Å². The highest BCUT2D eigenvalue weighted by atomic mass is 15.3. The smallest absolute Gasteiger partial charge is 0.231 e. The first kappa shape index (κ1) is 17.5. The number of anilines is 3. The molecule has 1 rings (SSSR count).